The maximum atomic E-state index is 2.39. The van der Waals surface area contributed by atoms with Crippen molar-refractivity contribution in [2.45, 2.75) is 51.2 Å². The Labute approximate surface area is 92.5 Å². The number of fused-ring (bicyclic) bond motifs is 2. The minimum Gasteiger partial charge on any atom is -0.158 e. The first kappa shape index (κ1) is 10.6. The molecule has 0 aromatic carbocycles. The molecule has 3 unspecified atom stereocenters. The molecule has 80 valence electrons. The lowest BCUT2D eigenvalue weighted by Gasteiger charge is -2.23. The van der Waals surface area contributed by atoms with Gasteiger partial charge in [-0.1, -0.05) is 25.0 Å². The largest absolute Gasteiger partial charge is 0.158 e. The number of rotatable bonds is 4. The van der Waals surface area contributed by atoms with E-state index in [1.165, 1.54) is 37.9 Å². The molecule has 0 aromatic heterocycles. The van der Waals surface area contributed by atoms with Crippen molar-refractivity contribution >= 4 is 11.8 Å². The summed E-state index contributed by atoms with van der Waals surface area (Å²) < 4.78 is 0. The van der Waals surface area contributed by atoms with E-state index in [1.807, 2.05) is 0 Å². The highest BCUT2D eigenvalue weighted by molar-refractivity contribution is 7.99. The summed E-state index contributed by atoms with van der Waals surface area (Å²) in [6.45, 7) is 4.52. The molecule has 0 spiro atoms. The Balaban J connectivity index is 1.84. The molecule has 14 heavy (non-hydrogen) atoms. The maximum Gasteiger partial charge on any atom is 0.0115 e. The highest BCUT2D eigenvalue weighted by atomic mass is 32.2. The quantitative estimate of drug-likeness (QED) is 0.493. The zero-order valence-corrected chi connectivity index (χ0v) is 10.3. The Morgan fingerprint density at radius 2 is 2.29 bits per heavy atom. The van der Waals surface area contributed by atoms with Crippen LogP contribution in [0.25, 0.3) is 0 Å². The minimum atomic E-state index is 0.965. The smallest absolute Gasteiger partial charge is 0.0115 e. The van der Waals surface area contributed by atoms with Gasteiger partial charge in [-0.25, -0.2) is 0 Å². The Kier molecular flexibility index (Phi) is 3.59. The van der Waals surface area contributed by atoms with E-state index in [0.29, 0.717) is 0 Å². The lowest BCUT2D eigenvalue weighted by atomic mass is 9.94. The van der Waals surface area contributed by atoms with E-state index in [-0.39, 0.29) is 0 Å². The average molecular weight is 210 g/mol. The molecule has 2 aliphatic carbocycles. The first-order valence-corrected chi connectivity index (χ1v) is 7.16. The molecule has 0 aromatic rings. The van der Waals surface area contributed by atoms with E-state index in [2.05, 4.69) is 31.7 Å². The van der Waals surface area contributed by atoms with Crippen LogP contribution in [0.15, 0.2) is 11.6 Å². The SMILES string of the molecule is C/C=C1\CC2CC(SCCCC)C1C2. The Morgan fingerprint density at radius 3 is 2.93 bits per heavy atom. The topological polar surface area (TPSA) is 0 Å². The van der Waals surface area contributed by atoms with Crippen molar-refractivity contribution in [3.05, 3.63) is 11.6 Å². The van der Waals surface area contributed by atoms with Crippen LogP contribution in [0, 0.1) is 11.8 Å². The second-order valence-corrected chi connectivity index (χ2v) is 6.12. The van der Waals surface area contributed by atoms with Gasteiger partial charge in [0, 0.05) is 5.25 Å². The van der Waals surface area contributed by atoms with Crippen LogP contribution in [0.5, 0.6) is 0 Å². The highest BCUT2D eigenvalue weighted by Crippen LogP contribution is 2.52. The fourth-order valence-electron chi connectivity index (χ4n) is 3.04. The first-order chi connectivity index (χ1) is 6.85. The van der Waals surface area contributed by atoms with E-state index >= 15 is 0 Å². The predicted molar refractivity (Wildman–Crippen MR) is 65.7 cm³/mol. The molecule has 1 heteroatoms. The van der Waals surface area contributed by atoms with Crippen molar-refractivity contribution in [3.63, 3.8) is 0 Å². The molecule has 0 N–H and O–H groups in total. The van der Waals surface area contributed by atoms with Crippen LogP contribution in [-0.4, -0.2) is 11.0 Å². The molecule has 0 radical (unpaired) electrons. The predicted octanol–water partition coefficient (Wildman–Crippen LogP) is 4.26. The number of thioether (sulfide) groups is 1. The summed E-state index contributed by atoms with van der Waals surface area (Å²) in [7, 11) is 0. The molecular formula is C13H22S. The summed E-state index contributed by atoms with van der Waals surface area (Å²) in [5.41, 5.74) is 1.77. The molecule has 0 amide bonds. The third-order valence-corrected chi connectivity index (χ3v) is 5.28. The van der Waals surface area contributed by atoms with Crippen molar-refractivity contribution in [1.82, 2.24) is 0 Å². The van der Waals surface area contributed by atoms with E-state index in [1.54, 1.807) is 5.57 Å². The van der Waals surface area contributed by atoms with Crippen LogP contribution in [0.2, 0.25) is 0 Å². The van der Waals surface area contributed by atoms with Gasteiger partial charge in [-0.2, -0.15) is 11.8 Å². The molecular weight excluding hydrogens is 188 g/mol. The molecule has 2 fully saturated rings. The fourth-order valence-corrected chi connectivity index (χ4v) is 4.72. The number of allylic oxidation sites excluding steroid dienone is 2. The standard InChI is InChI=1S/C13H22S/c1-3-5-6-14-13-9-10-7-11(4-2)12(13)8-10/h4,10,12-13H,3,5-9H2,1-2H3/b11-4+. The van der Waals surface area contributed by atoms with Gasteiger partial charge in [-0.3, -0.25) is 0 Å². The van der Waals surface area contributed by atoms with Crippen molar-refractivity contribution in [1.29, 1.82) is 0 Å². The minimum absolute atomic E-state index is 0.965. The molecule has 2 saturated carbocycles. The van der Waals surface area contributed by atoms with Gasteiger partial charge in [0.15, 0.2) is 0 Å². The van der Waals surface area contributed by atoms with Crippen molar-refractivity contribution in [2.24, 2.45) is 11.8 Å². The van der Waals surface area contributed by atoms with Gasteiger partial charge in [0.05, 0.1) is 0 Å². The summed E-state index contributed by atoms with van der Waals surface area (Å²) in [5, 5.41) is 0.978. The Morgan fingerprint density at radius 1 is 1.43 bits per heavy atom. The Hall–Kier alpha value is 0.0900. The first-order valence-electron chi connectivity index (χ1n) is 6.11. The zero-order valence-electron chi connectivity index (χ0n) is 9.46. The third-order valence-electron chi connectivity index (χ3n) is 3.80. The Bertz CT molecular complexity index is 219. The molecule has 3 atom stereocenters. The van der Waals surface area contributed by atoms with E-state index in [9.17, 15) is 0 Å². The molecule has 2 aliphatic rings. The van der Waals surface area contributed by atoms with E-state index in [0.717, 1.165) is 17.1 Å². The second kappa shape index (κ2) is 4.74. The number of hydrogen-bond acceptors (Lipinski definition) is 1. The van der Waals surface area contributed by atoms with Crippen LogP contribution < -0.4 is 0 Å². The number of hydrogen-bond donors (Lipinski definition) is 0. The van der Waals surface area contributed by atoms with Gasteiger partial charge >= 0.3 is 0 Å². The maximum absolute atomic E-state index is 2.39. The lowest BCUT2D eigenvalue weighted by Crippen LogP contribution is -2.15. The molecule has 0 aliphatic heterocycles. The molecule has 0 nitrogen and oxygen atoms in total. The van der Waals surface area contributed by atoms with Crippen LogP contribution >= 0.6 is 11.8 Å². The van der Waals surface area contributed by atoms with E-state index in [4.69, 9.17) is 0 Å². The normalized spacial score (nSPS) is 38.4. The summed E-state index contributed by atoms with van der Waals surface area (Å²) in [5.74, 6) is 3.40. The van der Waals surface area contributed by atoms with Crippen molar-refractivity contribution < 1.29 is 0 Å². The second-order valence-electron chi connectivity index (χ2n) is 4.77. The third kappa shape index (κ3) is 2.03. The monoisotopic (exact) mass is 210 g/mol. The average Bonchev–Trinajstić information content (AvgIpc) is 2.76. The number of unbranched alkanes of at least 4 members (excludes halogenated alkanes) is 1. The van der Waals surface area contributed by atoms with Crippen LogP contribution in [0.1, 0.15) is 46.0 Å². The van der Waals surface area contributed by atoms with Gasteiger partial charge in [0.1, 0.15) is 0 Å². The van der Waals surface area contributed by atoms with Gasteiger partial charge in [-0.05, 0) is 50.2 Å². The summed E-state index contributed by atoms with van der Waals surface area (Å²) >= 11 is 2.25. The van der Waals surface area contributed by atoms with Gasteiger partial charge in [0.25, 0.3) is 0 Å². The molecule has 0 saturated heterocycles. The van der Waals surface area contributed by atoms with Crippen LogP contribution in [0.3, 0.4) is 0 Å². The molecule has 2 rings (SSSR count). The highest BCUT2D eigenvalue weighted by Gasteiger charge is 2.42. The summed E-state index contributed by atoms with van der Waals surface area (Å²) in [4.78, 5) is 0. The van der Waals surface area contributed by atoms with Gasteiger partial charge in [-0.15, -0.1) is 0 Å². The molecule has 2 bridgehead atoms. The zero-order chi connectivity index (χ0) is 9.97. The molecule has 0 heterocycles. The van der Waals surface area contributed by atoms with Crippen LogP contribution in [-0.2, 0) is 0 Å². The fraction of sp³-hybridized carbons (Fsp3) is 0.846. The van der Waals surface area contributed by atoms with Crippen LogP contribution in [0.4, 0.5) is 0 Å². The lowest BCUT2D eigenvalue weighted by molar-refractivity contribution is 0.568. The van der Waals surface area contributed by atoms with Crippen molar-refractivity contribution in [2.75, 3.05) is 5.75 Å². The summed E-state index contributed by atoms with van der Waals surface area (Å²) in [6, 6.07) is 0. The van der Waals surface area contributed by atoms with Gasteiger partial charge in [0.2, 0.25) is 0 Å². The van der Waals surface area contributed by atoms with Gasteiger partial charge < -0.3 is 0 Å². The summed E-state index contributed by atoms with van der Waals surface area (Å²) in [6.07, 6.45) is 9.58. The van der Waals surface area contributed by atoms with Crippen molar-refractivity contribution in [3.8, 4) is 0 Å². The van der Waals surface area contributed by atoms with E-state index < -0.39 is 0 Å².